The van der Waals surface area contributed by atoms with Gasteiger partial charge in [-0.1, -0.05) is 60.6 Å². The number of rotatable bonds is 3. The fraction of sp³-hybridized carbons (Fsp3) is 0.158. The van der Waals surface area contributed by atoms with Crippen molar-refractivity contribution in [3.8, 4) is 11.3 Å². The molecular weight excluding hydrogens is 705 g/mol. The largest absolute Gasteiger partial charge is 3.00 e. The Hall–Kier alpha value is -4.18. The summed E-state index contributed by atoms with van der Waals surface area (Å²) in [6.07, 6.45) is 6.17. The van der Waals surface area contributed by atoms with Crippen LogP contribution in [0.1, 0.15) is 30.5 Å². The number of para-hydroxylation sites is 2. The van der Waals surface area contributed by atoms with Gasteiger partial charge in [0.15, 0.2) is 0 Å². The van der Waals surface area contributed by atoms with Crippen molar-refractivity contribution in [2.24, 2.45) is 0 Å². The van der Waals surface area contributed by atoms with Gasteiger partial charge in [0.1, 0.15) is 0 Å². The van der Waals surface area contributed by atoms with E-state index < -0.39 is 0 Å². The molecule has 43 heavy (non-hydrogen) atoms. The quantitative estimate of drug-likeness (QED) is 0.169. The molecule has 1 aliphatic rings. The summed E-state index contributed by atoms with van der Waals surface area (Å²) in [6.45, 7) is 12.8. The third-order valence-corrected chi connectivity index (χ3v) is 8.29. The molecule has 8 rings (SSSR count). The van der Waals surface area contributed by atoms with Crippen molar-refractivity contribution in [3.63, 3.8) is 0 Å². The predicted molar refractivity (Wildman–Crippen MR) is 176 cm³/mol. The molecule has 7 aromatic rings. The number of nitrogens with zero attached hydrogens (tertiary/aromatic N) is 4. The number of anilines is 1. The van der Waals surface area contributed by atoms with Crippen molar-refractivity contribution in [2.75, 3.05) is 4.90 Å². The maximum absolute atomic E-state index is 4.41. The van der Waals surface area contributed by atoms with Gasteiger partial charge in [-0.2, -0.15) is 24.9 Å². The molecule has 4 aromatic carbocycles. The van der Waals surface area contributed by atoms with Gasteiger partial charge in [0.05, 0.1) is 0 Å². The van der Waals surface area contributed by atoms with E-state index in [9.17, 15) is 0 Å². The molecule has 0 fully saturated rings. The molecular formula is C38H33IrN4. The molecule has 0 aliphatic carbocycles. The second-order valence-electron chi connectivity index (χ2n) is 11.4. The molecule has 0 N–H and O–H groups in total. The Bertz CT molecular complexity index is 2090. The normalized spacial score (nSPS) is 13.0. The maximum Gasteiger partial charge on any atom is 3.00 e. The number of benzene rings is 4. The van der Waals surface area contributed by atoms with Gasteiger partial charge in [-0.25, -0.2) is 0 Å². The van der Waals surface area contributed by atoms with Crippen LogP contribution in [0.2, 0.25) is 0 Å². The van der Waals surface area contributed by atoms with Crippen molar-refractivity contribution >= 4 is 43.8 Å². The summed E-state index contributed by atoms with van der Waals surface area (Å²) in [4.78, 5) is 8.81. The Morgan fingerprint density at radius 1 is 0.767 bits per heavy atom. The Balaban J connectivity index is 0.000000176. The van der Waals surface area contributed by atoms with Crippen LogP contribution in [0.15, 0.2) is 97.5 Å². The number of aryl methyl sites for hydroxylation is 3. The standard InChI is InChI=1S/C24H19N3.C14H14N.Ir/c1-16(2)25-13-14-26(15-25)22-12-6-10-20-19-9-5-8-18-17-7-3-4-11-21(17)27(23(18)19)24(20)22;1-10-4-6-13(7-5-10)14-8-11(2)12(3)9-15-14;/h3-11,13-16H,1-2H3;4-6,8-9H,1-3H3;/q-2;-1;+3. The van der Waals surface area contributed by atoms with Gasteiger partial charge in [-0.15, -0.1) is 40.8 Å². The molecule has 0 bridgehead atoms. The van der Waals surface area contributed by atoms with Crippen LogP contribution in [0, 0.1) is 39.6 Å². The molecule has 4 nitrogen and oxygen atoms in total. The van der Waals surface area contributed by atoms with Crippen molar-refractivity contribution in [2.45, 2.75) is 40.7 Å². The molecule has 5 heteroatoms. The fourth-order valence-electron chi connectivity index (χ4n) is 5.83. The van der Waals surface area contributed by atoms with E-state index in [0.717, 1.165) is 16.9 Å². The molecule has 0 amide bonds. The molecule has 0 saturated heterocycles. The van der Waals surface area contributed by atoms with Gasteiger partial charge in [0.2, 0.25) is 0 Å². The van der Waals surface area contributed by atoms with Gasteiger partial charge in [-0.05, 0) is 74.4 Å². The molecule has 3 aromatic heterocycles. The van der Waals surface area contributed by atoms with E-state index in [1.54, 1.807) is 0 Å². The summed E-state index contributed by atoms with van der Waals surface area (Å²) in [7, 11) is 0. The maximum atomic E-state index is 4.41. The van der Waals surface area contributed by atoms with Crippen LogP contribution < -0.4 is 4.90 Å². The summed E-state index contributed by atoms with van der Waals surface area (Å²) in [6, 6.07) is 35.0. The van der Waals surface area contributed by atoms with Gasteiger partial charge >= 0.3 is 20.1 Å². The number of hydrogen-bond acceptors (Lipinski definition) is 3. The summed E-state index contributed by atoms with van der Waals surface area (Å²) < 4.78 is 2.42. The summed E-state index contributed by atoms with van der Waals surface area (Å²) >= 11 is 0. The SMILES string of the molecule is CC(C)N1C=CN(c2[c-]ccc3c4cccc5c6ccccc6n(c23)c54)[CH-]1.Cc1c[c-]c(-c2cc(C)c(C)cn2)cc1.[Ir+3]. The topological polar surface area (TPSA) is 23.8 Å². The van der Waals surface area contributed by atoms with Gasteiger partial charge < -0.3 is 19.2 Å². The van der Waals surface area contributed by atoms with E-state index >= 15 is 0 Å². The zero-order chi connectivity index (χ0) is 29.0. The summed E-state index contributed by atoms with van der Waals surface area (Å²) in [5, 5.41) is 5.20. The Kier molecular flexibility index (Phi) is 7.72. The first-order chi connectivity index (χ1) is 20.4. The van der Waals surface area contributed by atoms with E-state index in [1.165, 1.54) is 54.8 Å². The van der Waals surface area contributed by atoms with Crippen LogP contribution in [0.4, 0.5) is 5.69 Å². The van der Waals surface area contributed by atoms with Gasteiger partial charge in [-0.3, -0.25) is 0 Å². The first-order valence-corrected chi connectivity index (χ1v) is 14.5. The Labute approximate surface area is 267 Å². The van der Waals surface area contributed by atoms with Crippen LogP contribution in [0.3, 0.4) is 0 Å². The minimum absolute atomic E-state index is 0. The zero-order valence-corrected chi connectivity index (χ0v) is 27.4. The average molecular weight is 738 g/mol. The molecule has 0 radical (unpaired) electrons. The molecule has 4 heterocycles. The van der Waals surface area contributed by atoms with Crippen LogP contribution in [-0.2, 0) is 20.1 Å². The number of hydrogen-bond donors (Lipinski definition) is 0. The summed E-state index contributed by atoms with van der Waals surface area (Å²) in [5.41, 5.74) is 10.6. The average Bonchev–Trinajstić information content (AvgIpc) is 3.72. The third-order valence-electron chi connectivity index (χ3n) is 8.29. The smallest absolute Gasteiger partial charge is 0.506 e. The van der Waals surface area contributed by atoms with Crippen LogP contribution in [0.5, 0.6) is 0 Å². The van der Waals surface area contributed by atoms with Crippen molar-refractivity contribution in [3.05, 3.63) is 133 Å². The first kappa shape index (κ1) is 28.9. The van der Waals surface area contributed by atoms with Crippen LogP contribution >= 0.6 is 0 Å². The molecule has 0 atom stereocenters. The minimum Gasteiger partial charge on any atom is -0.506 e. The van der Waals surface area contributed by atoms with E-state index in [-0.39, 0.29) is 20.1 Å². The first-order valence-electron chi connectivity index (χ1n) is 14.5. The second kappa shape index (κ2) is 11.5. The zero-order valence-electron chi connectivity index (χ0n) is 25.0. The number of pyridine rings is 1. The molecule has 0 unspecified atom stereocenters. The van der Waals surface area contributed by atoms with E-state index in [2.05, 4.69) is 152 Å². The van der Waals surface area contributed by atoms with E-state index in [4.69, 9.17) is 0 Å². The van der Waals surface area contributed by atoms with Gasteiger partial charge in [0, 0.05) is 28.0 Å². The minimum atomic E-state index is 0. The van der Waals surface area contributed by atoms with Crippen molar-refractivity contribution in [1.29, 1.82) is 0 Å². The van der Waals surface area contributed by atoms with E-state index in [1.807, 2.05) is 18.3 Å². The number of aromatic nitrogens is 2. The Morgan fingerprint density at radius 2 is 1.51 bits per heavy atom. The number of fused-ring (bicyclic) bond motifs is 6. The van der Waals surface area contributed by atoms with Crippen molar-refractivity contribution in [1.82, 2.24) is 14.3 Å². The fourth-order valence-corrected chi connectivity index (χ4v) is 5.83. The molecule has 0 saturated carbocycles. The third kappa shape index (κ3) is 4.97. The molecule has 1 aliphatic heterocycles. The molecule has 214 valence electrons. The Morgan fingerprint density at radius 3 is 2.23 bits per heavy atom. The van der Waals surface area contributed by atoms with Crippen LogP contribution in [-0.4, -0.2) is 20.3 Å². The van der Waals surface area contributed by atoms with Crippen LogP contribution in [0.25, 0.3) is 49.4 Å². The predicted octanol–water partition coefficient (Wildman–Crippen LogP) is 9.23. The van der Waals surface area contributed by atoms with Gasteiger partial charge in [0.25, 0.3) is 0 Å². The second-order valence-corrected chi connectivity index (χ2v) is 11.4. The molecule has 0 spiro atoms. The van der Waals surface area contributed by atoms with E-state index in [0.29, 0.717) is 6.04 Å². The van der Waals surface area contributed by atoms with Crippen molar-refractivity contribution < 1.29 is 20.1 Å². The monoisotopic (exact) mass is 738 g/mol. The summed E-state index contributed by atoms with van der Waals surface area (Å²) in [5.74, 6) is 0.